The van der Waals surface area contributed by atoms with Crippen LogP contribution in [0.2, 0.25) is 0 Å². The molecule has 1 aliphatic rings. The quantitative estimate of drug-likeness (QED) is 0.726. The van der Waals surface area contributed by atoms with Crippen molar-refractivity contribution in [1.82, 2.24) is 24.8 Å². The Labute approximate surface area is 115 Å². The molecule has 1 aliphatic heterocycles. The number of piperazine rings is 1. The number of aryl methyl sites for hydroxylation is 1. The molecule has 2 heterocycles. The molecular formula is C13H15N5O2. The van der Waals surface area contributed by atoms with Crippen molar-refractivity contribution in [3.05, 3.63) is 23.8 Å². The lowest BCUT2D eigenvalue weighted by Crippen LogP contribution is -2.50. The molecule has 1 aromatic heterocycles. The predicted molar refractivity (Wildman–Crippen MR) is 72.0 cm³/mol. The average molecular weight is 273 g/mol. The van der Waals surface area contributed by atoms with E-state index in [0.29, 0.717) is 24.2 Å². The Kier molecular flexibility index (Phi) is 2.89. The Bertz CT molecular complexity index is 693. The van der Waals surface area contributed by atoms with Gasteiger partial charge in [-0.15, -0.1) is 5.10 Å². The summed E-state index contributed by atoms with van der Waals surface area (Å²) in [5.74, 6) is -0.177. The van der Waals surface area contributed by atoms with Crippen molar-refractivity contribution in [2.45, 2.75) is 0 Å². The fourth-order valence-corrected chi connectivity index (χ4v) is 2.29. The number of benzene rings is 1. The molecule has 1 aromatic carbocycles. The van der Waals surface area contributed by atoms with Crippen LogP contribution in [0.1, 0.15) is 10.4 Å². The summed E-state index contributed by atoms with van der Waals surface area (Å²) < 4.78 is 1.66. The smallest absolute Gasteiger partial charge is 0.254 e. The minimum absolute atomic E-state index is 0.0369. The van der Waals surface area contributed by atoms with Gasteiger partial charge >= 0.3 is 0 Å². The molecule has 0 radical (unpaired) electrons. The summed E-state index contributed by atoms with van der Waals surface area (Å²) in [6, 6.07) is 5.28. The van der Waals surface area contributed by atoms with Gasteiger partial charge in [0.05, 0.1) is 5.52 Å². The second kappa shape index (κ2) is 4.59. The highest BCUT2D eigenvalue weighted by atomic mass is 16.2. The maximum absolute atomic E-state index is 12.4. The van der Waals surface area contributed by atoms with Crippen LogP contribution in [0.15, 0.2) is 18.2 Å². The zero-order valence-electron chi connectivity index (χ0n) is 11.4. The first kappa shape index (κ1) is 12.6. The number of rotatable bonds is 1. The van der Waals surface area contributed by atoms with E-state index in [4.69, 9.17) is 0 Å². The van der Waals surface area contributed by atoms with Gasteiger partial charge in [0, 0.05) is 32.7 Å². The van der Waals surface area contributed by atoms with Crippen LogP contribution in [0.25, 0.3) is 11.0 Å². The summed E-state index contributed by atoms with van der Waals surface area (Å²) in [5, 5.41) is 7.91. The minimum atomic E-state index is -0.140. The molecule has 1 fully saturated rings. The van der Waals surface area contributed by atoms with Crippen LogP contribution in [0, 0.1) is 0 Å². The van der Waals surface area contributed by atoms with E-state index in [1.807, 2.05) is 6.07 Å². The first-order valence-corrected chi connectivity index (χ1v) is 6.39. The van der Waals surface area contributed by atoms with Crippen LogP contribution in [0.3, 0.4) is 0 Å². The van der Waals surface area contributed by atoms with Crippen molar-refractivity contribution in [2.24, 2.45) is 7.05 Å². The molecule has 7 heteroatoms. The van der Waals surface area contributed by atoms with E-state index < -0.39 is 0 Å². The van der Waals surface area contributed by atoms with Crippen molar-refractivity contribution in [3.8, 4) is 0 Å². The van der Waals surface area contributed by atoms with Gasteiger partial charge in [0.1, 0.15) is 12.1 Å². The molecule has 3 rings (SSSR count). The van der Waals surface area contributed by atoms with Gasteiger partial charge < -0.3 is 9.80 Å². The fraction of sp³-hybridized carbons (Fsp3) is 0.385. The molecule has 0 unspecified atom stereocenters. The second-order valence-electron chi connectivity index (χ2n) is 4.96. The lowest BCUT2D eigenvalue weighted by molar-refractivity contribution is -0.133. The van der Waals surface area contributed by atoms with E-state index >= 15 is 0 Å². The predicted octanol–water partition coefficient (Wildman–Crippen LogP) is -0.118. The summed E-state index contributed by atoms with van der Waals surface area (Å²) in [7, 11) is 3.55. The zero-order chi connectivity index (χ0) is 14.3. The molecule has 2 amide bonds. The average Bonchev–Trinajstić information content (AvgIpc) is 2.82. The van der Waals surface area contributed by atoms with Crippen LogP contribution >= 0.6 is 0 Å². The fourth-order valence-electron chi connectivity index (χ4n) is 2.29. The number of nitrogens with zero attached hydrogens (tertiary/aromatic N) is 5. The van der Waals surface area contributed by atoms with Gasteiger partial charge in [-0.3, -0.25) is 9.59 Å². The molecular weight excluding hydrogens is 258 g/mol. The Morgan fingerprint density at radius 2 is 2.05 bits per heavy atom. The zero-order valence-corrected chi connectivity index (χ0v) is 11.4. The molecule has 0 atom stereocenters. The van der Waals surface area contributed by atoms with E-state index in [-0.39, 0.29) is 18.4 Å². The molecule has 20 heavy (non-hydrogen) atoms. The summed E-state index contributed by atoms with van der Waals surface area (Å²) >= 11 is 0. The van der Waals surface area contributed by atoms with Crippen molar-refractivity contribution in [3.63, 3.8) is 0 Å². The van der Waals surface area contributed by atoms with Crippen LogP contribution in [0.5, 0.6) is 0 Å². The topological polar surface area (TPSA) is 71.3 Å². The van der Waals surface area contributed by atoms with E-state index in [1.165, 1.54) is 0 Å². The van der Waals surface area contributed by atoms with Crippen molar-refractivity contribution in [2.75, 3.05) is 26.7 Å². The Hall–Kier alpha value is -2.44. The SMILES string of the molecule is CN1CCN(C(=O)c2ccc3c(c2)nnn3C)CC1=O. The molecule has 7 nitrogen and oxygen atoms in total. The van der Waals surface area contributed by atoms with Gasteiger partial charge in [0.15, 0.2) is 0 Å². The van der Waals surface area contributed by atoms with Crippen molar-refractivity contribution >= 4 is 22.8 Å². The van der Waals surface area contributed by atoms with E-state index in [1.54, 1.807) is 40.7 Å². The number of likely N-dealkylation sites (N-methyl/N-ethyl adjacent to an activating group) is 1. The highest BCUT2D eigenvalue weighted by Crippen LogP contribution is 2.15. The lowest BCUT2D eigenvalue weighted by Gasteiger charge is -2.32. The van der Waals surface area contributed by atoms with Crippen LogP contribution in [-0.2, 0) is 11.8 Å². The highest BCUT2D eigenvalue weighted by molar-refractivity contribution is 5.99. The summed E-state index contributed by atoms with van der Waals surface area (Å²) in [4.78, 5) is 27.3. The first-order valence-electron chi connectivity index (χ1n) is 6.39. The van der Waals surface area contributed by atoms with Gasteiger partial charge in [-0.1, -0.05) is 5.21 Å². The van der Waals surface area contributed by atoms with Gasteiger partial charge in [-0.2, -0.15) is 0 Å². The van der Waals surface area contributed by atoms with Gasteiger partial charge in [0.25, 0.3) is 5.91 Å². The molecule has 0 spiro atoms. The Balaban J connectivity index is 1.87. The van der Waals surface area contributed by atoms with Crippen molar-refractivity contribution in [1.29, 1.82) is 0 Å². The molecule has 104 valence electrons. The highest BCUT2D eigenvalue weighted by Gasteiger charge is 2.25. The third kappa shape index (κ3) is 2.01. The minimum Gasteiger partial charge on any atom is -0.342 e. The number of carbonyl (C=O) groups is 2. The third-order valence-electron chi connectivity index (χ3n) is 3.60. The Morgan fingerprint density at radius 1 is 1.25 bits per heavy atom. The van der Waals surface area contributed by atoms with Crippen LogP contribution in [-0.4, -0.2) is 63.3 Å². The van der Waals surface area contributed by atoms with Gasteiger partial charge in [0.2, 0.25) is 5.91 Å². The van der Waals surface area contributed by atoms with Gasteiger partial charge in [-0.05, 0) is 18.2 Å². The largest absolute Gasteiger partial charge is 0.342 e. The second-order valence-corrected chi connectivity index (χ2v) is 4.96. The monoisotopic (exact) mass is 273 g/mol. The van der Waals surface area contributed by atoms with Crippen molar-refractivity contribution < 1.29 is 9.59 Å². The van der Waals surface area contributed by atoms with Crippen LogP contribution in [0.4, 0.5) is 0 Å². The standard InChI is InChI=1S/C13H15N5O2/c1-16-5-6-18(8-12(16)19)13(20)9-3-4-11-10(7-9)14-15-17(11)2/h3-4,7H,5-6,8H2,1-2H3. The first-order chi connectivity index (χ1) is 9.56. The number of hydrogen-bond donors (Lipinski definition) is 0. The maximum Gasteiger partial charge on any atom is 0.254 e. The molecule has 0 N–H and O–H groups in total. The molecule has 2 aromatic rings. The third-order valence-corrected chi connectivity index (χ3v) is 3.60. The summed E-state index contributed by atoms with van der Waals surface area (Å²) in [5.41, 5.74) is 2.09. The van der Waals surface area contributed by atoms with E-state index in [9.17, 15) is 9.59 Å². The molecule has 0 bridgehead atoms. The number of aromatic nitrogens is 3. The summed E-state index contributed by atoms with van der Waals surface area (Å²) in [6.07, 6.45) is 0. The van der Waals surface area contributed by atoms with Crippen LogP contribution < -0.4 is 0 Å². The number of amides is 2. The maximum atomic E-state index is 12.4. The number of fused-ring (bicyclic) bond motifs is 1. The normalized spacial score (nSPS) is 16.0. The van der Waals surface area contributed by atoms with E-state index in [2.05, 4.69) is 10.3 Å². The van der Waals surface area contributed by atoms with Gasteiger partial charge in [-0.25, -0.2) is 4.68 Å². The van der Waals surface area contributed by atoms with E-state index in [0.717, 1.165) is 5.52 Å². The Morgan fingerprint density at radius 3 is 2.80 bits per heavy atom. The molecule has 0 aliphatic carbocycles. The molecule has 1 saturated heterocycles. The molecule has 0 saturated carbocycles. The summed E-state index contributed by atoms with van der Waals surface area (Å²) in [6.45, 7) is 1.26. The number of hydrogen-bond acceptors (Lipinski definition) is 4. The lowest BCUT2D eigenvalue weighted by atomic mass is 10.1. The number of carbonyl (C=O) groups excluding carboxylic acids is 2.